The fourth-order valence-corrected chi connectivity index (χ4v) is 5.43. The van der Waals surface area contributed by atoms with Crippen molar-refractivity contribution in [2.45, 2.75) is 24.7 Å². The van der Waals surface area contributed by atoms with Gasteiger partial charge in [0.25, 0.3) is 5.56 Å². The van der Waals surface area contributed by atoms with Gasteiger partial charge in [-0.2, -0.15) is 0 Å². The Balaban J connectivity index is 1.60. The van der Waals surface area contributed by atoms with Crippen LogP contribution in [0.4, 0.5) is 5.82 Å². The van der Waals surface area contributed by atoms with Gasteiger partial charge in [-0.1, -0.05) is 28.1 Å². The van der Waals surface area contributed by atoms with E-state index in [2.05, 4.69) is 31.4 Å². The second-order valence-electron chi connectivity index (χ2n) is 8.36. The average molecular weight is 526 g/mol. The van der Waals surface area contributed by atoms with Crippen molar-refractivity contribution in [3.63, 3.8) is 0 Å². The van der Waals surface area contributed by atoms with Gasteiger partial charge in [0.1, 0.15) is 5.82 Å². The summed E-state index contributed by atoms with van der Waals surface area (Å²) >= 11 is 3.52. The molecular weight excluding hydrogens is 502 g/mol. The Morgan fingerprint density at radius 3 is 2.29 bits per heavy atom. The van der Waals surface area contributed by atoms with Crippen LogP contribution < -0.4 is 25.1 Å². The van der Waals surface area contributed by atoms with Gasteiger partial charge in [0.2, 0.25) is 5.75 Å². The first-order valence-corrected chi connectivity index (χ1v) is 11.6. The van der Waals surface area contributed by atoms with E-state index in [1.165, 1.54) is 0 Å². The molecular formula is C25H24BrN3O5. The van der Waals surface area contributed by atoms with Gasteiger partial charge in [0.05, 0.1) is 26.9 Å². The van der Waals surface area contributed by atoms with Crippen LogP contribution in [-0.2, 0) is 4.79 Å². The molecule has 0 spiro atoms. The molecule has 1 aliphatic carbocycles. The Hall–Kier alpha value is -3.46. The number of H-pyrrole nitrogens is 2. The molecule has 176 valence electrons. The van der Waals surface area contributed by atoms with E-state index < -0.39 is 5.92 Å². The van der Waals surface area contributed by atoms with Crippen LogP contribution in [0.5, 0.6) is 17.2 Å². The number of ether oxygens (including phenoxy) is 3. The molecule has 3 N–H and O–H groups in total. The minimum Gasteiger partial charge on any atom is -0.493 e. The van der Waals surface area contributed by atoms with Crippen LogP contribution in [0.25, 0.3) is 0 Å². The predicted molar refractivity (Wildman–Crippen MR) is 131 cm³/mol. The smallest absolute Gasteiger partial charge is 0.270 e. The van der Waals surface area contributed by atoms with Gasteiger partial charge in [-0.3, -0.25) is 19.8 Å². The number of benzene rings is 2. The normalized spacial score (nSPS) is 19.2. The zero-order chi connectivity index (χ0) is 24.0. The molecule has 1 aliphatic heterocycles. The largest absolute Gasteiger partial charge is 0.493 e. The highest BCUT2D eigenvalue weighted by Gasteiger charge is 2.40. The third-order valence-electron chi connectivity index (χ3n) is 6.52. The van der Waals surface area contributed by atoms with Crippen LogP contribution in [0.2, 0.25) is 0 Å². The van der Waals surface area contributed by atoms with Crippen molar-refractivity contribution < 1.29 is 19.0 Å². The van der Waals surface area contributed by atoms with Crippen LogP contribution in [0, 0.1) is 0 Å². The molecule has 0 radical (unpaired) electrons. The molecule has 8 nitrogen and oxygen atoms in total. The molecule has 0 fully saturated rings. The molecule has 2 heterocycles. The standard InChI is InChI=1S/C25H24BrN3O5/c1-32-18-10-14(11-19(33-2)23(18)34-3)13-8-16-21(17(30)9-13)20(12-5-4-6-15(26)7-12)22-24(27-16)28-29-25(22)31/h4-7,10-11,13,20H,8-9H2,1-3H3,(H3,27,28,29,31). The van der Waals surface area contributed by atoms with Crippen LogP contribution in [0.3, 0.4) is 0 Å². The number of rotatable bonds is 5. The Labute approximate surface area is 204 Å². The molecule has 0 amide bonds. The van der Waals surface area contributed by atoms with Crippen molar-refractivity contribution in [1.82, 2.24) is 10.2 Å². The van der Waals surface area contributed by atoms with E-state index in [1.807, 2.05) is 36.4 Å². The lowest BCUT2D eigenvalue weighted by molar-refractivity contribution is -0.116. The number of hydrogen-bond acceptors (Lipinski definition) is 6. The molecule has 1 aromatic heterocycles. The van der Waals surface area contributed by atoms with Crippen molar-refractivity contribution in [3.05, 3.63) is 79.2 Å². The number of aromatic nitrogens is 2. The summed E-state index contributed by atoms with van der Waals surface area (Å²) in [6.07, 6.45) is 0.901. The maximum absolute atomic E-state index is 13.6. The van der Waals surface area contributed by atoms with Gasteiger partial charge in [-0.15, -0.1) is 0 Å². The summed E-state index contributed by atoms with van der Waals surface area (Å²) in [4.78, 5) is 26.3. The lowest BCUT2D eigenvalue weighted by Crippen LogP contribution is -2.31. The molecule has 2 aromatic carbocycles. The lowest BCUT2D eigenvalue weighted by Gasteiger charge is -2.34. The van der Waals surface area contributed by atoms with Gasteiger partial charge < -0.3 is 19.5 Å². The number of halogens is 1. The number of anilines is 1. The third kappa shape index (κ3) is 3.60. The van der Waals surface area contributed by atoms with E-state index in [-0.39, 0.29) is 17.3 Å². The maximum atomic E-state index is 13.6. The molecule has 5 rings (SSSR count). The zero-order valence-corrected chi connectivity index (χ0v) is 20.5. The van der Waals surface area contributed by atoms with Gasteiger partial charge in [-0.25, -0.2) is 0 Å². The van der Waals surface area contributed by atoms with E-state index in [9.17, 15) is 9.59 Å². The van der Waals surface area contributed by atoms with Gasteiger partial charge in [0, 0.05) is 28.1 Å². The highest BCUT2D eigenvalue weighted by molar-refractivity contribution is 9.10. The first-order chi connectivity index (χ1) is 16.4. The Morgan fingerprint density at radius 1 is 0.912 bits per heavy atom. The molecule has 0 saturated carbocycles. The van der Waals surface area contributed by atoms with Crippen molar-refractivity contribution in [2.75, 3.05) is 26.6 Å². The average Bonchev–Trinajstić information content (AvgIpc) is 3.21. The third-order valence-corrected chi connectivity index (χ3v) is 7.01. The van der Waals surface area contributed by atoms with Gasteiger partial charge in [0.15, 0.2) is 17.3 Å². The molecule has 0 saturated heterocycles. The Morgan fingerprint density at radius 2 is 1.65 bits per heavy atom. The number of carbonyl (C=O) groups excluding carboxylic acids is 1. The van der Waals surface area contributed by atoms with Crippen molar-refractivity contribution in [1.29, 1.82) is 0 Å². The van der Waals surface area contributed by atoms with E-state index >= 15 is 0 Å². The van der Waals surface area contributed by atoms with E-state index in [0.29, 0.717) is 47.0 Å². The fraction of sp³-hybridized carbons (Fsp3) is 0.280. The Kier molecular flexibility index (Phi) is 5.73. The summed E-state index contributed by atoms with van der Waals surface area (Å²) in [5.74, 6) is 1.65. The molecule has 2 atom stereocenters. The Bertz CT molecular complexity index is 1350. The number of Topliss-reactive ketones (excluding diaryl/α,β-unsaturated/α-hetero) is 1. The van der Waals surface area contributed by atoms with E-state index in [0.717, 1.165) is 21.3 Å². The van der Waals surface area contributed by atoms with Crippen molar-refractivity contribution in [2.24, 2.45) is 0 Å². The first kappa shape index (κ1) is 22.3. The second kappa shape index (κ2) is 8.72. The number of ketones is 1. The second-order valence-corrected chi connectivity index (χ2v) is 9.28. The fourth-order valence-electron chi connectivity index (χ4n) is 5.01. The number of fused-ring (bicyclic) bond motifs is 1. The maximum Gasteiger partial charge on any atom is 0.270 e. The lowest BCUT2D eigenvalue weighted by atomic mass is 9.73. The minimum atomic E-state index is -0.452. The van der Waals surface area contributed by atoms with Crippen molar-refractivity contribution in [3.8, 4) is 17.2 Å². The monoisotopic (exact) mass is 525 g/mol. The number of hydrogen-bond donors (Lipinski definition) is 3. The van der Waals surface area contributed by atoms with Crippen molar-refractivity contribution >= 4 is 27.5 Å². The summed E-state index contributed by atoms with van der Waals surface area (Å²) < 4.78 is 17.4. The zero-order valence-electron chi connectivity index (χ0n) is 19.0. The van der Waals surface area contributed by atoms with Gasteiger partial charge in [-0.05, 0) is 47.7 Å². The molecule has 3 aromatic rings. The predicted octanol–water partition coefficient (Wildman–Crippen LogP) is 4.45. The number of aromatic amines is 2. The van der Waals surface area contributed by atoms with E-state index in [4.69, 9.17) is 14.2 Å². The van der Waals surface area contributed by atoms with Gasteiger partial charge >= 0.3 is 0 Å². The summed E-state index contributed by atoms with van der Waals surface area (Å²) in [5.41, 5.74) is 3.54. The summed E-state index contributed by atoms with van der Waals surface area (Å²) in [5, 5.41) is 8.91. The van der Waals surface area contributed by atoms with Crippen LogP contribution in [0.1, 0.15) is 41.4 Å². The first-order valence-electron chi connectivity index (χ1n) is 10.8. The highest BCUT2D eigenvalue weighted by atomic mass is 79.9. The molecule has 2 unspecified atom stereocenters. The highest BCUT2D eigenvalue weighted by Crippen LogP contribution is 2.48. The topological polar surface area (TPSA) is 105 Å². The minimum absolute atomic E-state index is 0.00345. The number of nitrogens with one attached hydrogen (secondary N) is 3. The SMILES string of the molecule is COc1cc(C2CC(=O)C3=C(C2)Nc2[nH][nH]c(=O)c2C3c2cccc(Br)c2)cc(OC)c1OC. The summed E-state index contributed by atoms with van der Waals surface area (Å²) in [7, 11) is 4.70. The van der Waals surface area contributed by atoms with Crippen LogP contribution in [-0.4, -0.2) is 37.3 Å². The van der Waals surface area contributed by atoms with E-state index in [1.54, 1.807) is 21.3 Å². The molecule has 9 heteroatoms. The molecule has 34 heavy (non-hydrogen) atoms. The molecule has 2 aliphatic rings. The summed E-state index contributed by atoms with van der Waals surface area (Å²) in [6.45, 7) is 0. The van der Waals surface area contributed by atoms with Crippen LogP contribution in [0.15, 0.2) is 56.9 Å². The molecule has 0 bridgehead atoms. The quantitative estimate of drug-likeness (QED) is 0.454. The summed E-state index contributed by atoms with van der Waals surface area (Å²) in [6, 6.07) is 11.5. The number of allylic oxidation sites excluding steroid dienone is 2. The number of carbonyl (C=O) groups is 1. The van der Waals surface area contributed by atoms with Crippen LogP contribution >= 0.6 is 15.9 Å². The number of methoxy groups -OCH3 is 3.